The fourth-order valence-electron chi connectivity index (χ4n) is 5.58. The molecule has 1 heterocycles. The van der Waals surface area contributed by atoms with Crippen molar-refractivity contribution in [3.05, 3.63) is 90.1 Å². The molecule has 0 saturated heterocycles. The van der Waals surface area contributed by atoms with Gasteiger partial charge in [-0.3, -0.25) is 4.98 Å². The van der Waals surface area contributed by atoms with Gasteiger partial charge in [-0.05, 0) is 52.6 Å². The number of hydrogen-bond acceptors (Lipinski definition) is 1. The number of pyridine rings is 1. The Morgan fingerprint density at radius 3 is 2.23 bits per heavy atom. The second kappa shape index (κ2) is 8.30. The van der Waals surface area contributed by atoms with Crippen molar-refractivity contribution in [2.75, 3.05) is 0 Å². The van der Waals surface area contributed by atoms with Gasteiger partial charge < -0.3 is 0 Å². The first kappa shape index (κ1) is 20.0. The standard InChI is InChI=1S/C30H31N/c1-3-5-18-30(19-6-4-2)27-14-10-9-13-25(27)26-21-23(15-16-28(26)30)29-24-12-8-7-11-22(24)17-20-31-29/h7-17,20-21H,3-6,18-19H2,1-2H3. The van der Waals surface area contributed by atoms with Crippen LogP contribution < -0.4 is 0 Å². The third-order valence-corrected chi connectivity index (χ3v) is 7.13. The molecule has 0 aliphatic heterocycles. The third kappa shape index (κ3) is 3.28. The number of aromatic nitrogens is 1. The number of rotatable bonds is 7. The molecular weight excluding hydrogens is 374 g/mol. The first-order valence-electron chi connectivity index (χ1n) is 11.9. The van der Waals surface area contributed by atoms with Gasteiger partial charge in [-0.25, -0.2) is 0 Å². The molecule has 1 aliphatic rings. The summed E-state index contributed by atoms with van der Waals surface area (Å²) in [5, 5.41) is 2.47. The van der Waals surface area contributed by atoms with Crippen molar-refractivity contribution in [2.24, 2.45) is 0 Å². The lowest BCUT2D eigenvalue weighted by atomic mass is 9.71. The van der Waals surface area contributed by atoms with E-state index in [0.717, 1.165) is 5.69 Å². The highest BCUT2D eigenvalue weighted by atomic mass is 14.7. The van der Waals surface area contributed by atoms with Crippen LogP contribution in [0.15, 0.2) is 79.0 Å². The molecule has 0 N–H and O–H groups in total. The van der Waals surface area contributed by atoms with E-state index >= 15 is 0 Å². The van der Waals surface area contributed by atoms with Crippen LogP contribution in [0.2, 0.25) is 0 Å². The van der Waals surface area contributed by atoms with E-state index in [1.54, 1.807) is 0 Å². The minimum absolute atomic E-state index is 0.155. The van der Waals surface area contributed by atoms with Crippen molar-refractivity contribution in [3.8, 4) is 22.4 Å². The van der Waals surface area contributed by atoms with E-state index in [1.165, 1.54) is 77.1 Å². The average Bonchev–Trinajstić information content (AvgIpc) is 3.10. The van der Waals surface area contributed by atoms with Crippen molar-refractivity contribution in [3.63, 3.8) is 0 Å². The molecule has 0 atom stereocenters. The average molecular weight is 406 g/mol. The van der Waals surface area contributed by atoms with Gasteiger partial charge in [0.05, 0.1) is 5.69 Å². The molecule has 0 spiro atoms. The topological polar surface area (TPSA) is 12.9 Å². The maximum atomic E-state index is 4.79. The summed E-state index contributed by atoms with van der Waals surface area (Å²) in [6.07, 6.45) is 9.42. The lowest BCUT2D eigenvalue weighted by Gasteiger charge is -2.32. The Morgan fingerprint density at radius 1 is 0.710 bits per heavy atom. The highest BCUT2D eigenvalue weighted by Crippen LogP contribution is 2.54. The molecule has 1 aliphatic carbocycles. The highest BCUT2D eigenvalue weighted by molar-refractivity contribution is 5.96. The molecule has 1 aromatic heterocycles. The van der Waals surface area contributed by atoms with Gasteiger partial charge in [0.2, 0.25) is 0 Å². The molecule has 0 radical (unpaired) electrons. The van der Waals surface area contributed by atoms with Crippen LogP contribution in [0.3, 0.4) is 0 Å². The Kier molecular flexibility index (Phi) is 5.36. The molecule has 3 aromatic carbocycles. The largest absolute Gasteiger partial charge is 0.256 e. The second-order valence-electron chi connectivity index (χ2n) is 8.98. The monoisotopic (exact) mass is 405 g/mol. The molecule has 31 heavy (non-hydrogen) atoms. The third-order valence-electron chi connectivity index (χ3n) is 7.13. The first-order chi connectivity index (χ1) is 15.3. The molecule has 5 rings (SSSR count). The van der Waals surface area contributed by atoms with Gasteiger partial charge >= 0.3 is 0 Å². The lowest BCUT2D eigenvalue weighted by molar-refractivity contribution is 0.414. The molecular formula is C30H31N. The Morgan fingerprint density at radius 2 is 1.42 bits per heavy atom. The molecule has 156 valence electrons. The Hall–Kier alpha value is -2.93. The minimum atomic E-state index is 0.155. The van der Waals surface area contributed by atoms with Crippen molar-refractivity contribution in [1.29, 1.82) is 0 Å². The highest BCUT2D eigenvalue weighted by Gasteiger charge is 2.41. The van der Waals surface area contributed by atoms with Crippen molar-refractivity contribution in [1.82, 2.24) is 4.98 Å². The van der Waals surface area contributed by atoms with Crippen LogP contribution in [0.25, 0.3) is 33.2 Å². The van der Waals surface area contributed by atoms with E-state index in [-0.39, 0.29) is 5.41 Å². The molecule has 0 fully saturated rings. The summed E-state index contributed by atoms with van der Waals surface area (Å²) in [6.45, 7) is 4.62. The molecule has 0 saturated carbocycles. The van der Waals surface area contributed by atoms with Crippen LogP contribution in [0.5, 0.6) is 0 Å². The van der Waals surface area contributed by atoms with Crippen LogP contribution in [-0.2, 0) is 5.41 Å². The number of fused-ring (bicyclic) bond motifs is 4. The Bertz CT molecular complexity index is 1210. The van der Waals surface area contributed by atoms with Crippen LogP contribution >= 0.6 is 0 Å². The summed E-state index contributed by atoms with van der Waals surface area (Å²) in [5.74, 6) is 0. The summed E-state index contributed by atoms with van der Waals surface area (Å²) >= 11 is 0. The van der Waals surface area contributed by atoms with E-state index < -0.39 is 0 Å². The van der Waals surface area contributed by atoms with Crippen LogP contribution in [0.4, 0.5) is 0 Å². The van der Waals surface area contributed by atoms with Gasteiger partial charge in [0.25, 0.3) is 0 Å². The first-order valence-corrected chi connectivity index (χ1v) is 11.9. The number of unbranched alkanes of at least 4 members (excludes halogenated alkanes) is 2. The van der Waals surface area contributed by atoms with E-state index in [1.807, 2.05) is 6.20 Å². The zero-order valence-corrected chi connectivity index (χ0v) is 18.7. The summed E-state index contributed by atoms with van der Waals surface area (Å²) in [5.41, 5.74) is 8.35. The van der Waals surface area contributed by atoms with Gasteiger partial charge in [-0.1, -0.05) is 100 Å². The van der Waals surface area contributed by atoms with E-state index in [2.05, 4.69) is 86.6 Å². The minimum Gasteiger partial charge on any atom is -0.256 e. The zero-order valence-electron chi connectivity index (χ0n) is 18.7. The van der Waals surface area contributed by atoms with E-state index in [0.29, 0.717) is 0 Å². The fraction of sp³-hybridized carbons (Fsp3) is 0.300. The number of hydrogen-bond donors (Lipinski definition) is 0. The SMILES string of the molecule is CCCCC1(CCCC)c2ccccc2-c2cc(-c3nccc4ccccc34)ccc21. The zero-order chi connectivity index (χ0) is 21.3. The van der Waals surface area contributed by atoms with Crippen LogP contribution in [-0.4, -0.2) is 4.98 Å². The predicted molar refractivity (Wildman–Crippen MR) is 132 cm³/mol. The number of benzene rings is 3. The molecule has 0 amide bonds. The van der Waals surface area contributed by atoms with Gasteiger partial charge in [0.15, 0.2) is 0 Å². The van der Waals surface area contributed by atoms with Gasteiger partial charge in [-0.2, -0.15) is 0 Å². The molecule has 0 unspecified atom stereocenters. The Labute approximate surface area is 186 Å². The maximum absolute atomic E-state index is 4.79. The van der Waals surface area contributed by atoms with Crippen molar-refractivity contribution < 1.29 is 0 Å². The summed E-state index contributed by atoms with van der Waals surface area (Å²) in [7, 11) is 0. The quantitative estimate of drug-likeness (QED) is 0.300. The fourth-order valence-corrected chi connectivity index (χ4v) is 5.58. The van der Waals surface area contributed by atoms with Crippen molar-refractivity contribution in [2.45, 2.75) is 57.8 Å². The molecule has 1 heteroatoms. The summed E-state index contributed by atoms with van der Waals surface area (Å²) < 4.78 is 0. The summed E-state index contributed by atoms with van der Waals surface area (Å²) in [4.78, 5) is 4.79. The Balaban J connectivity index is 1.71. The van der Waals surface area contributed by atoms with Crippen LogP contribution in [0, 0.1) is 0 Å². The van der Waals surface area contributed by atoms with Crippen molar-refractivity contribution >= 4 is 10.8 Å². The second-order valence-corrected chi connectivity index (χ2v) is 8.98. The summed E-state index contributed by atoms with van der Waals surface area (Å²) in [6, 6.07) is 26.9. The van der Waals surface area contributed by atoms with E-state index in [9.17, 15) is 0 Å². The number of nitrogens with zero attached hydrogens (tertiary/aromatic N) is 1. The molecule has 0 bridgehead atoms. The van der Waals surface area contributed by atoms with Crippen LogP contribution in [0.1, 0.15) is 63.5 Å². The maximum Gasteiger partial charge on any atom is 0.0780 e. The predicted octanol–water partition coefficient (Wildman–Crippen LogP) is 8.55. The van der Waals surface area contributed by atoms with E-state index in [4.69, 9.17) is 4.98 Å². The van der Waals surface area contributed by atoms with Gasteiger partial charge in [-0.15, -0.1) is 0 Å². The van der Waals surface area contributed by atoms with Gasteiger partial charge in [0, 0.05) is 22.6 Å². The molecule has 1 nitrogen and oxygen atoms in total. The van der Waals surface area contributed by atoms with Gasteiger partial charge in [0.1, 0.15) is 0 Å². The lowest BCUT2D eigenvalue weighted by Crippen LogP contribution is -2.25. The molecule has 4 aromatic rings. The normalized spacial score (nSPS) is 13.9. The smallest absolute Gasteiger partial charge is 0.0780 e.